The number of hydrogen-bond donors (Lipinski definition) is 1. The first-order chi connectivity index (χ1) is 15.5. The molecule has 4 rings (SSSR count). The van der Waals surface area contributed by atoms with Gasteiger partial charge in [0.25, 0.3) is 5.56 Å². The maximum Gasteiger partial charge on any atom is 0.339 e. The van der Waals surface area contributed by atoms with Crippen LogP contribution in [0.1, 0.15) is 16.8 Å². The van der Waals surface area contributed by atoms with Crippen LogP contribution in [0, 0.1) is 5.82 Å². The molecule has 1 amide bonds. The summed E-state index contributed by atoms with van der Waals surface area (Å²) >= 11 is 0. The molecule has 2 aromatic carbocycles. The molecule has 4 aromatic rings. The number of amides is 1. The van der Waals surface area contributed by atoms with Gasteiger partial charge >= 0.3 is 5.97 Å². The minimum atomic E-state index is -0.565. The van der Waals surface area contributed by atoms with E-state index in [2.05, 4.69) is 15.4 Å². The third kappa shape index (κ3) is 4.10. The minimum absolute atomic E-state index is 0.0191. The Labute approximate surface area is 181 Å². The number of nitrogens with zero attached hydrogens (tertiary/aromatic N) is 4. The number of nitrogens with one attached hydrogen (secondary N) is 1. The van der Waals surface area contributed by atoms with Gasteiger partial charge in [-0.05, 0) is 36.4 Å². The summed E-state index contributed by atoms with van der Waals surface area (Å²) in [5.74, 6) is -1.33. The number of carbonyl (C=O) groups excluding carboxylic acids is 2. The molecule has 0 unspecified atom stereocenters. The molecule has 10 heteroatoms. The quantitative estimate of drug-likeness (QED) is 0.467. The molecule has 162 valence electrons. The van der Waals surface area contributed by atoms with Gasteiger partial charge in [0.05, 0.1) is 36.6 Å². The van der Waals surface area contributed by atoms with Crippen molar-refractivity contribution in [2.45, 2.75) is 13.0 Å². The average Bonchev–Trinajstić information content (AvgIpc) is 3.24. The fourth-order valence-corrected chi connectivity index (χ4v) is 3.19. The topological polar surface area (TPSA) is 108 Å². The van der Waals surface area contributed by atoms with Gasteiger partial charge in [0.1, 0.15) is 11.2 Å². The smallest absolute Gasteiger partial charge is 0.339 e. The first-order valence-corrected chi connectivity index (χ1v) is 9.64. The zero-order valence-corrected chi connectivity index (χ0v) is 17.0. The Hall–Kier alpha value is -4.34. The van der Waals surface area contributed by atoms with Crippen molar-refractivity contribution in [3.8, 4) is 5.69 Å². The van der Waals surface area contributed by atoms with E-state index in [9.17, 15) is 18.8 Å². The zero-order chi connectivity index (χ0) is 22.7. The lowest BCUT2D eigenvalue weighted by Crippen LogP contribution is -2.24. The molecule has 0 aliphatic heterocycles. The Kier molecular flexibility index (Phi) is 5.75. The molecule has 0 fully saturated rings. The van der Waals surface area contributed by atoms with E-state index in [1.165, 1.54) is 53.1 Å². The van der Waals surface area contributed by atoms with Crippen molar-refractivity contribution >= 4 is 28.6 Å². The van der Waals surface area contributed by atoms with E-state index in [4.69, 9.17) is 4.74 Å². The van der Waals surface area contributed by atoms with Crippen molar-refractivity contribution in [1.29, 1.82) is 0 Å². The molecular weight excluding hydrogens is 417 g/mol. The number of anilines is 1. The summed E-state index contributed by atoms with van der Waals surface area (Å²) in [6.45, 7) is 0.0791. The molecule has 0 saturated heterocycles. The molecule has 2 heterocycles. The number of halogens is 1. The third-order valence-corrected chi connectivity index (χ3v) is 4.81. The average molecular weight is 435 g/mol. The van der Waals surface area contributed by atoms with Crippen LogP contribution in [0.5, 0.6) is 0 Å². The normalized spacial score (nSPS) is 10.8. The fraction of sp³-hybridized carbons (Fsp3) is 0.136. The predicted octanol–water partition coefficient (Wildman–Crippen LogP) is 2.54. The number of benzene rings is 2. The summed E-state index contributed by atoms with van der Waals surface area (Å²) in [4.78, 5) is 41.3. The van der Waals surface area contributed by atoms with Crippen molar-refractivity contribution in [1.82, 2.24) is 19.3 Å². The summed E-state index contributed by atoms with van der Waals surface area (Å²) < 4.78 is 20.6. The number of rotatable bonds is 6. The van der Waals surface area contributed by atoms with Crippen LogP contribution >= 0.6 is 0 Å². The molecule has 0 bridgehead atoms. The molecule has 0 aliphatic rings. The van der Waals surface area contributed by atoms with E-state index in [1.54, 1.807) is 24.3 Å². The maximum absolute atomic E-state index is 13.2. The Bertz CT molecular complexity index is 1360. The van der Waals surface area contributed by atoms with E-state index in [-0.39, 0.29) is 41.2 Å². The summed E-state index contributed by atoms with van der Waals surface area (Å²) in [6, 6.07) is 12.1. The Morgan fingerprint density at radius 3 is 2.62 bits per heavy atom. The van der Waals surface area contributed by atoms with Crippen LogP contribution in [0.3, 0.4) is 0 Å². The van der Waals surface area contributed by atoms with Crippen LogP contribution in [-0.2, 0) is 16.1 Å². The van der Waals surface area contributed by atoms with Crippen LogP contribution < -0.4 is 10.9 Å². The molecule has 2 aromatic heterocycles. The van der Waals surface area contributed by atoms with Crippen LogP contribution in [0.25, 0.3) is 16.7 Å². The van der Waals surface area contributed by atoms with Gasteiger partial charge in [-0.2, -0.15) is 5.10 Å². The monoisotopic (exact) mass is 435 g/mol. The summed E-state index contributed by atoms with van der Waals surface area (Å²) in [7, 11) is 1.26. The van der Waals surface area contributed by atoms with E-state index < -0.39 is 5.97 Å². The number of aryl methyl sites for hydroxylation is 1. The summed E-state index contributed by atoms with van der Waals surface area (Å²) in [6.07, 6.45) is 2.70. The highest BCUT2D eigenvalue weighted by Gasteiger charge is 2.15. The lowest BCUT2D eigenvalue weighted by molar-refractivity contribution is -0.116. The Morgan fingerprint density at radius 2 is 1.88 bits per heavy atom. The molecule has 0 spiro atoms. The Morgan fingerprint density at radius 1 is 1.12 bits per heavy atom. The molecule has 0 saturated carbocycles. The highest BCUT2D eigenvalue weighted by Crippen LogP contribution is 2.17. The second-order valence-corrected chi connectivity index (χ2v) is 6.85. The number of hydrogen-bond acceptors (Lipinski definition) is 6. The lowest BCUT2D eigenvalue weighted by Gasteiger charge is -2.10. The van der Waals surface area contributed by atoms with Gasteiger partial charge in [-0.25, -0.2) is 18.9 Å². The van der Waals surface area contributed by atoms with Crippen LogP contribution in [0.2, 0.25) is 0 Å². The Balaban J connectivity index is 1.50. The van der Waals surface area contributed by atoms with Gasteiger partial charge in [-0.15, -0.1) is 0 Å². The van der Waals surface area contributed by atoms with Crippen molar-refractivity contribution < 1.29 is 18.7 Å². The van der Waals surface area contributed by atoms with Crippen molar-refractivity contribution in [2.75, 3.05) is 12.4 Å². The number of aromatic nitrogens is 4. The summed E-state index contributed by atoms with van der Waals surface area (Å²) in [5.41, 5.74) is 1.10. The number of methoxy groups -OCH3 is 1. The molecule has 32 heavy (non-hydrogen) atoms. The fourth-order valence-electron chi connectivity index (χ4n) is 3.19. The lowest BCUT2D eigenvalue weighted by atomic mass is 10.1. The maximum atomic E-state index is 13.2. The molecule has 0 radical (unpaired) electrons. The number of esters is 1. The van der Waals surface area contributed by atoms with Crippen LogP contribution in [-0.4, -0.2) is 38.3 Å². The van der Waals surface area contributed by atoms with Gasteiger partial charge in [-0.1, -0.05) is 12.1 Å². The first kappa shape index (κ1) is 20.9. The third-order valence-electron chi connectivity index (χ3n) is 4.81. The SMILES string of the molecule is COC(=O)c1ccccc1NC(=O)CCn1cnc2c(cnn2-c2ccc(F)cc2)c1=O. The second-order valence-electron chi connectivity index (χ2n) is 6.85. The van der Waals surface area contributed by atoms with Crippen molar-refractivity contribution in [3.63, 3.8) is 0 Å². The summed E-state index contributed by atoms with van der Waals surface area (Å²) in [5, 5.41) is 7.11. The number of ether oxygens (including phenoxy) is 1. The largest absolute Gasteiger partial charge is 0.465 e. The number of carbonyl (C=O) groups is 2. The van der Waals surface area contributed by atoms with Crippen molar-refractivity contribution in [2.24, 2.45) is 0 Å². The molecular formula is C22H18FN5O4. The van der Waals surface area contributed by atoms with E-state index >= 15 is 0 Å². The minimum Gasteiger partial charge on any atom is -0.465 e. The van der Waals surface area contributed by atoms with E-state index in [1.807, 2.05) is 0 Å². The molecule has 9 nitrogen and oxygen atoms in total. The van der Waals surface area contributed by atoms with Gasteiger partial charge in [0, 0.05) is 13.0 Å². The predicted molar refractivity (Wildman–Crippen MR) is 114 cm³/mol. The van der Waals surface area contributed by atoms with Crippen LogP contribution in [0.15, 0.2) is 65.8 Å². The standard InChI is InChI=1S/C22H18FN5O4/c1-32-22(31)16-4-2-3-5-18(16)26-19(29)10-11-27-13-24-20-17(21(27)30)12-25-28(20)15-8-6-14(23)7-9-15/h2-9,12-13H,10-11H2,1H3,(H,26,29). The van der Waals surface area contributed by atoms with E-state index in [0.717, 1.165) is 0 Å². The van der Waals surface area contributed by atoms with Gasteiger partial charge in [-0.3, -0.25) is 14.2 Å². The highest BCUT2D eigenvalue weighted by atomic mass is 19.1. The number of fused-ring (bicyclic) bond motifs is 1. The van der Waals surface area contributed by atoms with Gasteiger partial charge < -0.3 is 10.1 Å². The van der Waals surface area contributed by atoms with Crippen LogP contribution in [0.4, 0.5) is 10.1 Å². The van der Waals surface area contributed by atoms with Crippen molar-refractivity contribution in [3.05, 3.63) is 82.8 Å². The van der Waals surface area contributed by atoms with E-state index in [0.29, 0.717) is 17.0 Å². The first-order valence-electron chi connectivity index (χ1n) is 9.64. The molecule has 1 N–H and O–H groups in total. The molecule has 0 aliphatic carbocycles. The van der Waals surface area contributed by atoms with Gasteiger partial charge in [0.2, 0.25) is 5.91 Å². The number of para-hydroxylation sites is 1. The van der Waals surface area contributed by atoms with Gasteiger partial charge in [0.15, 0.2) is 5.65 Å². The second kappa shape index (κ2) is 8.80. The highest BCUT2D eigenvalue weighted by molar-refractivity contribution is 6.01. The molecule has 0 atom stereocenters. The zero-order valence-electron chi connectivity index (χ0n) is 17.0.